The number of nitrogens with zero attached hydrogens (tertiary/aromatic N) is 1. The average Bonchev–Trinajstić information content (AvgIpc) is 2.44. The van der Waals surface area contributed by atoms with Gasteiger partial charge in [0.1, 0.15) is 5.82 Å². The minimum absolute atomic E-state index is 0.181. The zero-order valence-electron chi connectivity index (χ0n) is 12.8. The standard InChI is InChI=1S/C15H21FN2O3S/c1-15(7-4-8-18(11-15)22(2,20)21)14(19)17-10-12-5-3-6-13(16)9-12/h3,5-6,9H,4,7-8,10-11H2,1-2H3,(H,17,19). The third-order valence-electron chi connectivity index (χ3n) is 4.02. The molecule has 1 aromatic carbocycles. The van der Waals surface area contributed by atoms with Crippen molar-refractivity contribution in [2.24, 2.45) is 5.41 Å². The second kappa shape index (κ2) is 6.34. The Morgan fingerprint density at radius 1 is 1.45 bits per heavy atom. The molecule has 7 heteroatoms. The molecule has 0 aliphatic carbocycles. The molecule has 0 aromatic heterocycles. The number of sulfonamides is 1. The number of benzene rings is 1. The summed E-state index contributed by atoms with van der Waals surface area (Å²) in [4.78, 5) is 12.4. The van der Waals surface area contributed by atoms with Crippen molar-refractivity contribution in [3.8, 4) is 0 Å². The SMILES string of the molecule is CC1(C(=O)NCc2cccc(F)c2)CCCN(S(C)(=O)=O)C1. The highest BCUT2D eigenvalue weighted by Gasteiger charge is 2.40. The molecule has 1 N–H and O–H groups in total. The van der Waals surface area contributed by atoms with Gasteiger partial charge in [-0.2, -0.15) is 0 Å². The summed E-state index contributed by atoms with van der Waals surface area (Å²) in [5, 5.41) is 2.78. The van der Waals surface area contributed by atoms with Crippen molar-refractivity contribution in [3.63, 3.8) is 0 Å². The number of amides is 1. The molecule has 1 heterocycles. The maximum absolute atomic E-state index is 13.1. The summed E-state index contributed by atoms with van der Waals surface area (Å²) >= 11 is 0. The molecule has 1 atom stereocenters. The van der Waals surface area contributed by atoms with E-state index >= 15 is 0 Å². The monoisotopic (exact) mass is 328 g/mol. The smallest absolute Gasteiger partial charge is 0.227 e. The summed E-state index contributed by atoms with van der Waals surface area (Å²) in [7, 11) is -3.30. The third-order valence-corrected chi connectivity index (χ3v) is 5.27. The number of rotatable bonds is 4. The van der Waals surface area contributed by atoms with E-state index in [0.29, 0.717) is 24.9 Å². The van der Waals surface area contributed by atoms with Gasteiger partial charge in [0.25, 0.3) is 0 Å². The van der Waals surface area contributed by atoms with Crippen LogP contribution < -0.4 is 5.32 Å². The second-order valence-electron chi connectivity index (χ2n) is 6.07. The van der Waals surface area contributed by atoms with Gasteiger partial charge in [-0.05, 0) is 37.5 Å². The van der Waals surface area contributed by atoms with Crippen molar-refractivity contribution in [1.82, 2.24) is 9.62 Å². The first-order valence-electron chi connectivity index (χ1n) is 7.19. The van der Waals surface area contributed by atoms with Crippen molar-refractivity contribution in [2.75, 3.05) is 19.3 Å². The summed E-state index contributed by atoms with van der Waals surface area (Å²) < 4.78 is 37.8. The lowest BCUT2D eigenvalue weighted by molar-refractivity contribution is -0.132. The van der Waals surface area contributed by atoms with Crippen LogP contribution in [0, 0.1) is 11.2 Å². The topological polar surface area (TPSA) is 66.5 Å². The van der Waals surface area contributed by atoms with Gasteiger partial charge in [-0.1, -0.05) is 12.1 Å². The van der Waals surface area contributed by atoms with Crippen LogP contribution in [0.1, 0.15) is 25.3 Å². The first kappa shape index (κ1) is 16.9. The number of halogens is 1. The van der Waals surface area contributed by atoms with Crippen LogP contribution >= 0.6 is 0 Å². The van der Waals surface area contributed by atoms with Crippen LogP contribution in [0.25, 0.3) is 0 Å². The van der Waals surface area contributed by atoms with E-state index in [-0.39, 0.29) is 24.8 Å². The predicted octanol–water partition coefficient (Wildman–Crippen LogP) is 1.50. The highest BCUT2D eigenvalue weighted by Crippen LogP contribution is 2.31. The van der Waals surface area contributed by atoms with E-state index in [0.717, 1.165) is 6.26 Å². The molecule has 1 aromatic rings. The van der Waals surface area contributed by atoms with Gasteiger partial charge in [0, 0.05) is 19.6 Å². The summed E-state index contributed by atoms with van der Waals surface area (Å²) in [5.41, 5.74) is -0.0815. The molecule has 0 bridgehead atoms. The van der Waals surface area contributed by atoms with Crippen molar-refractivity contribution in [2.45, 2.75) is 26.3 Å². The maximum atomic E-state index is 13.1. The van der Waals surface area contributed by atoms with Crippen LogP contribution in [0.5, 0.6) is 0 Å². The first-order chi connectivity index (χ1) is 10.2. The zero-order chi connectivity index (χ0) is 16.4. The Labute approximate surface area is 130 Å². The van der Waals surface area contributed by atoms with Gasteiger partial charge < -0.3 is 5.32 Å². The Morgan fingerprint density at radius 3 is 2.82 bits per heavy atom. The minimum atomic E-state index is -3.30. The lowest BCUT2D eigenvalue weighted by atomic mass is 9.82. The molecule has 1 aliphatic rings. The molecule has 0 radical (unpaired) electrons. The Kier molecular flexibility index (Phi) is 4.87. The van der Waals surface area contributed by atoms with E-state index in [2.05, 4.69) is 5.32 Å². The number of carbonyl (C=O) groups is 1. The highest BCUT2D eigenvalue weighted by molar-refractivity contribution is 7.88. The Balaban J connectivity index is 2.01. The molecule has 1 unspecified atom stereocenters. The maximum Gasteiger partial charge on any atom is 0.227 e. The third kappa shape index (κ3) is 4.04. The predicted molar refractivity (Wildman–Crippen MR) is 82.0 cm³/mol. The quantitative estimate of drug-likeness (QED) is 0.911. The van der Waals surface area contributed by atoms with Gasteiger partial charge in [0.2, 0.25) is 15.9 Å². The van der Waals surface area contributed by atoms with Crippen LogP contribution in [0.4, 0.5) is 4.39 Å². The Hall–Kier alpha value is -1.47. The fourth-order valence-electron chi connectivity index (χ4n) is 2.70. The molecule has 22 heavy (non-hydrogen) atoms. The van der Waals surface area contributed by atoms with Gasteiger partial charge in [-0.15, -0.1) is 0 Å². The summed E-state index contributed by atoms with van der Waals surface area (Å²) in [6.07, 6.45) is 2.44. The van der Waals surface area contributed by atoms with Crippen molar-refractivity contribution in [1.29, 1.82) is 0 Å². The summed E-state index contributed by atoms with van der Waals surface area (Å²) in [6, 6.07) is 6.03. The van der Waals surface area contributed by atoms with E-state index in [9.17, 15) is 17.6 Å². The molecular weight excluding hydrogens is 307 g/mol. The molecule has 0 saturated carbocycles. The van der Waals surface area contributed by atoms with Crippen LogP contribution in [0.2, 0.25) is 0 Å². The first-order valence-corrected chi connectivity index (χ1v) is 9.03. The normalized spacial score (nSPS) is 23.2. The van der Waals surface area contributed by atoms with Crippen molar-refractivity contribution >= 4 is 15.9 Å². The number of piperidine rings is 1. The van der Waals surface area contributed by atoms with E-state index in [1.807, 2.05) is 0 Å². The van der Waals surface area contributed by atoms with E-state index in [4.69, 9.17) is 0 Å². The molecule has 122 valence electrons. The molecular formula is C15H21FN2O3S. The fourth-order valence-corrected chi connectivity index (χ4v) is 3.68. The molecule has 1 fully saturated rings. The van der Waals surface area contributed by atoms with Crippen LogP contribution in [0.15, 0.2) is 24.3 Å². The van der Waals surface area contributed by atoms with Gasteiger partial charge in [-0.3, -0.25) is 4.79 Å². The number of nitrogens with one attached hydrogen (secondary N) is 1. The van der Waals surface area contributed by atoms with Crippen LogP contribution in [-0.2, 0) is 21.4 Å². The van der Waals surface area contributed by atoms with Gasteiger partial charge >= 0.3 is 0 Å². The van der Waals surface area contributed by atoms with Gasteiger partial charge in [0.05, 0.1) is 11.7 Å². The molecule has 1 aliphatic heterocycles. The second-order valence-corrected chi connectivity index (χ2v) is 8.06. The number of hydrogen-bond acceptors (Lipinski definition) is 3. The van der Waals surface area contributed by atoms with E-state index in [1.54, 1.807) is 19.1 Å². The van der Waals surface area contributed by atoms with E-state index < -0.39 is 15.4 Å². The lowest BCUT2D eigenvalue weighted by Crippen LogP contribution is -2.51. The molecule has 2 rings (SSSR count). The fraction of sp³-hybridized carbons (Fsp3) is 0.533. The highest BCUT2D eigenvalue weighted by atomic mass is 32.2. The molecule has 1 saturated heterocycles. The largest absolute Gasteiger partial charge is 0.352 e. The van der Waals surface area contributed by atoms with Gasteiger partial charge in [-0.25, -0.2) is 17.1 Å². The average molecular weight is 328 g/mol. The molecule has 1 amide bonds. The summed E-state index contributed by atoms with van der Waals surface area (Å²) in [5.74, 6) is -0.552. The minimum Gasteiger partial charge on any atom is -0.352 e. The Morgan fingerprint density at radius 2 is 2.18 bits per heavy atom. The number of carbonyl (C=O) groups excluding carboxylic acids is 1. The summed E-state index contributed by atoms with van der Waals surface area (Å²) in [6.45, 7) is 2.63. The van der Waals surface area contributed by atoms with Crippen molar-refractivity contribution < 1.29 is 17.6 Å². The lowest BCUT2D eigenvalue weighted by Gasteiger charge is -2.38. The van der Waals surface area contributed by atoms with Gasteiger partial charge in [0.15, 0.2) is 0 Å². The Bertz CT molecular complexity index is 663. The van der Waals surface area contributed by atoms with Crippen LogP contribution in [0.3, 0.4) is 0 Å². The molecule has 5 nitrogen and oxygen atoms in total. The zero-order valence-corrected chi connectivity index (χ0v) is 13.6. The molecule has 0 spiro atoms. The van der Waals surface area contributed by atoms with Crippen LogP contribution in [-0.4, -0.2) is 38.0 Å². The van der Waals surface area contributed by atoms with E-state index in [1.165, 1.54) is 16.4 Å². The number of hydrogen-bond donors (Lipinski definition) is 1. The van der Waals surface area contributed by atoms with Crippen molar-refractivity contribution in [3.05, 3.63) is 35.6 Å².